The van der Waals surface area contributed by atoms with Gasteiger partial charge in [0.05, 0.1) is 5.41 Å². The van der Waals surface area contributed by atoms with E-state index in [9.17, 15) is 14.7 Å². The maximum Gasteiger partial charge on any atom is 0.309 e. The lowest BCUT2D eigenvalue weighted by Crippen LogP contribution is -2.47. The zero-order chi connectivity index (χ0) is 15.6. The third-order valence-electron chi connectivity index (χ3n) is 4.23. The van der Waals surface area contributed by atoms with Crippen LogP contribution in [0.5, 0.6) is 0 Å². The molecule has 21 heavy (non-hydrogen) atoms. The van der Waals surface area contributed by atoms with E-state index in [0.717, 1.165) is 17.8 Å². The molecule has 7 heteroatoms. The Kier molecular flexibility index (Phi) is 4.63. The van der Waals surface area contributed by atoms with Crippen LogP contribution in [0.4, 0.5) is 0 Å². The molecule has 1 aliphatic heterocycles. The molecule has 0 saturated carbocycles. The van der Waals surface area contributed by atoms with E-state index in [-0.39, 0.29) is 11.8 Å². The highest BCUT2D eigenvalue weighted by Crippen LogP contribution is 2.34. The van der Waals surface area contributed by atoms with Crippen LogP contribution in [0, 0.1) is 11.3 Å². The minimum atomic E-state index is -0.830. The smallest absolute Gasteiger partial charge is 0.309 e. The average molecular weight is 311 g/mol. The number of carbonyl (C=O) groups is 2. The van der Waals surface area contributed by atoms with Gasteiger partial charge in [0.1, 0.15) is 10.7 Å². The molecule has 1 aromatic rings. The van der Waals surface area contributed by atoms with Crippen molar-refractivity contribution in [3.63, 3.8) is 0 Å². The fourth-order valence-electron chi connectivity index (χ4n) is 2.59. The van der Waals surface area contributed by atoms with Crippen molar-refractivity contribution in [2.45, 2.75) is 33.2 Å². The quantitative estimate of drug-likeness (QED) is 0.879. The first-order valence-electron chi connectivity index (χ1n) is 7.03. The molecule has 3 N–H and O–H groups in total. The lowest BCUT2D eigenvalue weighted by molar-refractivity contribution is -0.151. The second kappa shape index (κ2) is 6.11. The van der Waals surface area contributed by atoms with Crippen molar-refractivity contribution in [2.75, 3.05) is 13.1 Å². The average Bonchev–Trinajstić information content (AvgIpc) is 2.95. The highest BCUT2D eigenvalue weighted by Gasteiger charge is 2.40. The summed E-state index contributed by atoms with van der Waals surface area (Å²) in [7, 11) is 0. The Hall–Kier alpha value is -1.47. The van der Waals surface area contributed by atoms with Gasteiger partial charge in [-0.1, -0.05) is 0 Å². The molecule has 1 saturated heterocycles. The van der Waals surface area contributed by atoms with E-state index in [4.69, 9.17) is 5.73 Å². The van der Waals surface area contributed by atoms with Crippen LogP contribution in [0.15, 0.2) is 5.38 Å². The Morgan fingerprint density at radius 3 is 2.86 bits per heavy atom. The van der Waals surface area contributed by atoms with E-state index in [1.54, 1.807) is 24.1 Å². The van der Waals surface area contributed by atoms with E-state index in [1.807, 2.05) is 0 Å². The molecule has 1 fully saturated rings. The van der Waals surface area contributed by atoms with Gasteiger partial charge in [-0.05, 0) is 32.6 Å². The number of nitrogens with two attached hydrogens (primary N) is 1. The van der Waals surface area contributed by atoms with Gasteiger partial charge in [0, 0.05) is 25.0 Å². The molecule has 0 aromatic carbocycles. The van der Waals surface area contributed by atoms with E-state index in [2.05, 4.69) is 4.98 Å². The standard InChI is InChI=1S/C14H21N3O3S/c1-14(2,13(19)20)9-4-3-5-17(7-9)12(18)10-8-21-11(6-15)16-10/h8-9H,3-7,15H2,1-2H3,(H,19,20). The Balaban J connectivity index is 2.10. The number of aliphatic carboxylic acids is 1. The molecule has 2 heterocycles. The Morgan fingerprint density at radius 2 is 2.29 bits per heavy atom. The highest BCUT2D eigenvalue weighted by atomic mass is 32.1. The highest BCUT2D eigenvalue weighted by molar-refractivity contribution is 7.09. The number of amides is 1. The number of nitrogens with zero attached hydrogens (tertiary/aromatic N) is 2. The molecule has 2 rings (SSSR count). The van der Waals surface area contributed by atoms with Crippen molar-refractivity contribution in [3.05, 3.63) is 16.1 Å². The SMILES string of the molecule is CC(C)(C(=O)O)C1CCCN(C(=O)c2csc(CN)n2)C1. The van der Waals surface area contributed by atoms with Crippen molar-refractivity contribution < 1.29 is 14.7 Å². The number of hydrogen-bond donors (Lipinski definition) is 2. The van der Waals surface area contributed by atoms with Crippen LogP contribution in [-0.2, 0) is 11.3 Å². The normalized spacial score (nSPS) is 19.6. The Bertz CT molecular complexity index is 541. The van der Waals surface area contributed by atoms with Crippen LogP contribution in [0.1, 0.15) is 42.2 Å². The van der Waals surface area contributed by atoms with Gasteiger partial charge in [0.2, 0.25) is 0 Å². The summed E-state index contributed by atoms with van der Waals surface area (Å²) in [4.78, 5) is 29.8. The Labute approximate surface area is 128 Å². The molecule has 0 spiro atoms. The van der Waals surface area contributed by atoms with Crippen LogP contribution < -0.4 is 5.73 Å². The number of aromatic nitrogens is 1. The summed E-state index contributed by atoms with van der Waals surface area (Å²) < 4.78 is 0. The van der Waals surface area contributed by atoms with Crippen LogP contribution in [0.25, 0.3) is 0 Å². The molecule has 6 nitrogen and oxygen atoms in total. The molecule has 1 atom stereocenters. The van der Waals surface area contributed by atoms with Crippen molar-refractivity contribution in [1.29, 1.82) is 0 Å². The molecule has 1 unspecified atom stereocenters. The summed E-state index contributed by atoms with van der Waals surface area (Å²) in [6, 6.07) is 0. The zero-order valence-corrected chi connectivity index (χ0v) is 13.2. The van der Waals surface area contributed by atoms with E-state index in [0.29, 0.717) is 25.3 Å². The summed E-state index contributed by atoms with van der Waals surface area (Å²) in [5, 5.41) is 11.8. The maximum atomic E-state index is 12.5. The molecular formula is C14H21N3O3S. The zero-order valence-electron chi connectivity index (χ0n) is 12.3. The van der Waals surface area contributed by atoms with Gasteiger partial charge in [-0.25, -0.2) is 4.98 Å². The first-order chi connectivity index (χ1) is 9.86. The van der Waals surface area contributed by atoms with Gasteiger partial charge in [0.15, 0.2) is 0 Å². The fourth-order valence-corrected chi connectivity index (χ4v) is 3.24. The van der Waals surface area contributed by atoms with Gasteiger partial charge in [-0.15, -0.1) is 11.3 Å². The predicted octanol–water partition coefficient (Wildman–Crippen LogP) is 1.56. The van der Waals surface area contributed by atoms with E-state index < -0.39 is 11.4 Å². The summed E-state index contributed by atoms with van der Waals surface area (Å²) >= 11 is 1.38. The maximum absolute atomic E-state index is 12.5. The number of rotatable bonds is 4. The first kappa shape index (κ1) is 15.9. The lowest BCUT2D eigenvalue weighted by Gasteiger charge is -2.39. The van der Waals surface area contributed by atoms with Crippen molar-refractivity contribution in [3.8, 4) is 0 Å². The van der Waals surface area contributed by atoms with Crippen LogP contribution >= 0.6 is 11.3 Å². The number of likely N-dealkylation sites (tertiary alicyclic amines) is 1. The molecule has 116 valence electrons. The van der Waals surface area contributed by atoms with Crippen LogP contribution in [-0.4, -0.2) is 40.0 Å². The van der Waals surface area contributed by atoms with Gasteiger partial charge in [0.25, 0.3) is 5.91 Å². The summed E-state index contributed by atoms with van der Waals surface area (Å²) in [6.07, 6.45) is 1.65. The second-order valence-corrected chi connectivity index (χ2v) is 6.89. The third-order valence-corrected chi connectivity index (χ3v) is 5.10. The van der Waals surface area contributed by atoms with Crippen LogP contribution in [0.3, 0.4) is 0 Å². The van der Waals surface area contributed by atoms with Gasteiger partial charge >= 0.3 is 5.97 Å². The summed E-state index contributed by atoms with van der Waals surface area (Å²) in [5.41, 5.74) is 5.09. The van der Waals surface area contributed by atoms with Crippen molar-refractivity contribution >= 4 is 23.2 Å². The number of hydrogen-bond acceptors (Lipinski definition) is 5. The minimum absolute atomic E-state index is 0.0414. The molecule has 0 radical (unpaired) electrons. The number of piperidine rings is 1. The topological polar surface area (TPSA) is 96.5 Å². The van der Waals surface area contributed by atoms with Gasteiger partial charge < -0.3 is 15.7 Å². The first-order valence-corrected chi connectivity index (χ1v) is 7.91. The molecule has 1 aromatic heterocycles. The number of thiazole rings is 1. The van der Waals surface area contributed by atoms with Crippen molar-refractivity contribution in [1.82, 2.24) is 9.88 Å². The largest absolute Gasteiger partial charge is 0.481 e. The third kappa shape index (κ3) is 3.24. The molecule has 1 amide bonds. The summed E-state index contributed by atoms with van der Waals surface area (Å²) in [5.74, 6) is -0.988. The van der Waals surface area contributed by atoms with E-state index >= 15 is 0 Å². The van der Waals surface area contributed by atoms with Gasteiger partial charge in [-0.2, -0.15) is 0 Å². The second-order valence-electron chi connectivity index (χ2n) is 5.95. The molecule has 1 aliphatic rings. The minimum Gasteiger partial charge on any atom is -0.481 e. The van der Waals surface area contributed by atoms with Crippen molar-refractivity contribution in [2.24, 2.45) is 17.1 Å². The fraction of sp³-hybridized carbons (Fsp3) is 0.643. The van der Waals surface area contributed by atoms with Crippen LogP contribution in [0.2, 0.25) is 0 Å². The molecular weight excluding hydrogens is 290 g/mol. The number of carboxylic acids is 1. The van der Waals surface area contributed by atoms with Gasteiger partial charge in [-0.3, -0.25) is 9.59 Å². The number of carboxylic acid groups (broad SMARTS) is 1. The molecule has 0 aliphatic carbocycles. The van der Waals surface area contributed by atoms with E-state index in [1.165, 1.54) is 11.3 Å². The monoisotopic (exact) mass is 311 g/mol. The predicted molar refractivity (Wildman–Crippen MR) is 80.0 cm³/mol. The Morgan fingerprint density at radius 1 is 1.57 bits per heavy atom. The lowest BCUT2D eigenvalue weighted by atomic mass is 9.74. The molecule has 0 bridgehead atoms. The summed E-state index contributed by atoms with van der Waals surface area (Å²) in [6.45, 7) is 4.90. The number of carbonyl (C=O) groups excluding carboxylic acids is 1.